The third kappa shape index (κ3) is 3.60. The number of hydrogen-bond donors (Lipinski definition) is 2. The zero-order valence-electron chi connectivity index (χ0n) is 14.0. The molecule has 1 atom stereocenters. The number of nitrogens with zero attached hydrogens (tertiary/aromatic N) is 1. The topological polar surface area (TPSA) is 88.5 Å². The van der Waals surface area contributed by atoms with E-state index in [4.69, 9.17) is 16.3 Å². The summed E-state index contributed by atoms with van der Waals surface area (Å²) < 4.78 is 4.95. The molecule has 2 N–H and O–H groups in total. The lowest BCUT2D eigenvalue weighted by Gasteiger charge is -2.25. The maximum absolute atomic E-state index is 12.9. The highest BCUT2D eigenvalue weighted by Crippen LogP contribution is 2.40. The molecule has 0 saturated heterocycles. The third-order valence-corrected chi connectivity index (χ3v) is 4.56. The van der Waals surface area contributed by atoms with Crippen LogP contribution in [0.2, 0.25) is 5.02 Å². The van der Waals surface area contributed by atoms with Gasteiger partial charge in [0.05, 0.1) is 17.7 Å². The van der Waals surface area contributed by atoms with Crippen LogP contribution in [0.1, 0.15) is 41.7 Å². The minimum atomic E-state index is -1.53. The van der Waals surface area contributed by atoms with Crippen molar-refractivity contribution in [1.29, 1.82) is 0 Å². The van der Waals surface area contributed by atoms with Crippen molar-refractivity contribution in [3.8, 4) is 0 Å². The van der Waals surface area contributed by atoms with Crippen LogP contribution >= 0.6 is 11.6 Å². The van der Waals surface area contributed by atoms with E-state index in [0.717, 1.165) is 18.5 Å². The molecular weight excluding hydrogens is 344 g/mol. The molecule has 3 rings (SSSR count). The summed E-state index contributed by atoms with van der Waals surface area (Å²) in [5.41, 5.74) is 0.365. The van der Waals surface area contributed by atoms with Crippen molar-refractivity contribution in [3.05, 3.63) is 40.5 Å². The molecular formula is C18H19ClN2O4. The van der Waals surface area contributed by atoms with Crippen LogP contribution in [0.15, 0.2) is 24.3 Å². The quantitative estimate of drug-likeness (QED) is 0.824. The Morgan fingerprint density at radius 1 is 1.40 bits per heavy atom. The first-order chi connectivity index (χ1) is 11.8. The van der Waals surface area contributed by atoms with E-state index in [1.54, 1.807) is 24.3 Å². The van der Waals surface area contributed by atoms with Gasteiger partial charge in [-0.3, -0.25) is 9.78 Å². The Bertz CT molecular complexity index is 850. The zero-order chi connectivity index (χ0) is 18.2. The van der Waals surface area contributed by atoms with Crippen LogP contribution in [0.25, 0.3) is 10.9 Å². The average Bonchev–Trinajstić information content (AvgIpc) is 3.38. The van der Waals surface area contributed by atoms with Gasteiger partial charge in [-0.1, -0.05) is 11.6 Å². The van der Waals surface area contributed by atoms with Crippen molar-refractivity contribution in [2.75, 3.05) is 13.7 Å². The summed E-state index contributed by atoms with van der Waals surface area (Å²) in [7, 11) is 1.39. The van der Waals surface area contributed by atoms with Gasteiger partial charge in [-0.05, 0) is 44.0 Å². The van der Waals surface area contributed by atoms with Gasteiger partial charge in [0, 0.05) is 29.1 Å². The first-order valence-electron chi connectivity index (χ1n) is 7.99. The lowest BCUT2D eigenvalue weighted by molar-refractivity contribution is -0.145. The Morgan fingerprint density at radius 2 is 2.12 bits per heavy atom. The van der Waals surface area contributed by atoms with Gasteiger partial charge in [-0.2, -0.15) is 0 Å². The Hall–Kier alpha value is -2.18. The van der Waals surface area contributed by atoms with E-state index < -0.39 is 17.4 Å². The molecule has 0 spiro atoms. The highest BCUT2D eigenvalue weighted by Gasteiger charge is 2.36. The van der Waals surface area contributed by atoms with Crippen molar-refractivity contribution in [3.63, 3.8) is 0 Å². The minimum absolute atomic E-state index is 0.146. The van der Waals surface area contributed by atoms with Crippen molar-refractivity contribution in [2.45, 2.75) is 31.2 Å². The summed E-state index contributed by atoms with van der Waals surface area (Å²) in [6.45, 7) is 1.27. The first-order valence-corrected chi connectivity index (χ1v) is 8.37. The van der Waals surface area contributed by atoms with Gasteiger partial charge in [-0.15, -0.1) is 0 Å². The number of aromatic nitrogens is 1. The number of methoxy groups -OCH3 is 1. The number of benzene rings is 1. The fourth-order valence-corrected chi connectivity index (χ4v) is 2.92. The summed E-state index contributed by atoms with van der Waals surface area (Å²) >= 11 is 6.07. The van der Waals surface area contributed by atoms with E-state index in [1.165, 1.54) is 14.0 Å². The third-order valence-electron chi connectivity index (χ3n) is 4.33. The molecule has 0 bridgehead atoms. The molecule has 1 aromatic heterocycles. The van der Waals surface area contributed by atoms with Crippen LogP contribution in [0.5, 0.6) is 0 Å². The van der Waals surface area contributed by atoms with Crippen molar-refractivity contribution in [2.24, 2.45) is 0 Å². The number of carbonyl (C=O) groups excluding carboxylic acids is 1. The SMILES string of the molecule is COCC(C)(NC(=O)c1cc(C2CC2)nc2ccc(Cl)cc12)C(=O)O. The molecule has 1 aliphatic carbocycles. The Balaban J connectivity index is 2.05. The van der Waals surface area contributed by atoms with Crippen LogP contribution in [0.3, 0.4) is 0 Å². The Kier molecular flexibility index (Phi) is 4.67. The molecule has 1 heterocycles. The number of carbonyl (C=O) groups is 2. The largest absolute Gasteiger partial charge is 0.479 e. The molecule has 7 heteroatoms. The zero-order valence-corrected chi connectivity index (χ0v) is 14.8. The molecule has 0 aliphatic heterocycles. The van der Waals surface area contributed by atoms with E-state index in [-0.39, 0.29) is 6.61 Å². The molecule has 1 fully saturated rings. The molecule has 1 aliphatic rings. The minimum Gasteiger partial charge on any atom is -0.479 e. The van der Waals surface area contributed by atoms with E-state index in [0.29, 0.717) is 27.4 Å². The van der Waals surface area contributed by atoms with Crippen molar-refractivity contribution >= 4 is 34.4 Å². The summed E-state index contributed by atoms with van der Waals surface area (Å²) in [5.74, 6) is -1.29. The second-order valence-electron chi connectivity index (χ2n) is 6.55. The fraction of sp³-hybridized carbons (Fsp3) is 0.389. The molecule has 1 aromatic carbocycles. The van der Waals surface area contributed by atoms with Crippen molar-refractivity contribution < 1.29 is 19.4 Å². The first kappa shape index (κ1) is 17.6. The molecule has 6 nitrogen and oxygen atoms in total. The number of amides is 1. The number of fused-ring (bicyclic) bond motifs is 1. The number of carboxylic acids is 1. The van der Waals surface area contributed by atoms with Gasteiger partial charge in [0.15, 0.2) is 5.54 Å². The smallest absolute Gasteiger partial charge is 0.331 e. The second-order valence-corrected chi connectivity index (χ2v) is 6.99. The molecule has 132 valence electrons. The molecule has 1 unspecified atom stereocenters. The van der Waals surface area contributed by atoms with Gasteiger partial charge in [0.2, 0.25) is 0 Å². The maximum Gasteiger partial charge on any atom is 0.331 e. The fourth-order valence-electron chi connectivity index (χ4n) is 2.75. The van der Waals surface area contributed by atoms with Crippen LogP contribution in [0, 0.1) is 0 Å². The van der Waals surface area contributed by atoms with E-state index >= 15 is 0 Å². The van der Waals surface area contributed by atoms with Crippen LogP contribution in [-0.4, -0.2) is 41.2 Å². The Morgan fingerprint density at radius 3 is 2.72 bits per heavy atom. The lowest BCUT2D eigenvalue weighted by atomic mass is 10.0. The summed E-state index contributed by atoms with van der Waals surface area (Å²) in [5, 5.41) is 13.1. The maximum atomic E-state index is 12.9. The number of ether oxygens (including phenoxy) is 1. The number of aliphatic carboxylic acids is 1. The monoisotopic (exact) mass is 362 g/mol. The van der Waals surface area contributed by atoms with Crippen LogP contribution < -0.4 is 5.32 Å². The van der Waals surface area contributed by atoms with Gasteiger partial charge < -0.3 is 15.2 Å². The van der Waals surface area contributed by atoms with Crippen molar-refractivity contribution in [1.82, 2.24) is 10.3 Å². The predicted molar refractivity (Wildman–Crippen MR) is 94.1 cm³/mol. The average molecular weight is 363 g/mol. The number of rotatable bonds is 6. The van der Waals surface area contributed by atoms with Gasteiger partial charge >= 0.3 is 5.97 Å². The standard InChI is InChI=1S/C18H19ClN2O4/c1-18(9-25-2,17(23)24)21-16(22)13-8-15(10-3-4-10)20-14-6-5-11(19)7-12(13)14/h5-8,10H,3-4,9H2,1-2H3,(H,21,22)(H,23,24). The molecule has 1 amide bonds. The number of nitrogens with one attached hydrogen (secondary N) is 1. The summed E-state index contributed by atoms with van der Waals surface area (Å²) in [4.78, 5) is 29.0. The highest BCUT2D eigenvalue weighted by atomic mass is 35.5. The number of halogens is 1. The Labute approximate surface area is 150 Å². The van der Waals surface area contributed by atoms with Gasteiger partial charge in [0.25, 0.3) is 5.91 Å². The van der Waals surface area contributed by atoms with Gasteiger partial charge in [0.1, 0.15) is 0 Å². The number of pyridine rings is 1. The highest BCUT2D eigenvalue weighted by molar-refractivity contribution is 6.31. The predicted octanol–water partition coefficient (Wildman–Crippen LogP) is 2.99. The normalized spacial score (nSPS) is 16.4. The molecule has 25 heavy (non-hydrogen) atoms. The summed E-state index contributed by atoms with van der Waals surface area (Å²) in [6.07, 6.45) is 2.09. The van der Waals surface area contributed by atoms with Crippen LogP contribution in [-0.2, 0) is 9.53 Å². The van der Waals surface area contributed by atoms with Gasteiger partial charge in [-0.25, -0.2) is 4.79 Å². The summed E-state index contributed by atoms with van der Waals surface area (Å²) in [6, 6.07) is 6.90. The second kappa shape index (κ2) is 6.61. The molecule has 1 saturated carbocycles. The number of hydrogen-bond acceptors (Lipinski definition) is 4. The van der Waals surface area contributed by atoms with Crippen LogP contribution in [0.4, 0.5) is 0 Å². The van der Waals surface area contributed by atoms with E-state index in [9.17, 15) is 14.7 Å². The molecule has 0 radical (unpaired) electrons. The molecule has 2 aromatic rings. The number of carboxylic acid groups (broad SMARTS) is 1. The van der Waals surface area contributed by atoms with E-state index in [2.05, 4.69) is 10.3 Å². The lowest BCUT2D eigenvalue weighted by Crippen LogP contribution is -2.55. The van der Waals surface area contributed by atoms with E-state index in [1.807, 2.05) is 0 Å².